The molecule has 8 nitrogen and oxygen atoms in total. The molecule has 0 aliphatic rings. The van der Waals surface area contributed by atoms with E-state index < -0.39 is 12.0 Å². The molecule has 0 aliphatic heterocycles. The molecule has 0 bridgehead atoms. The number of aryl methyl sites for hydroxylation is 1. The Balaban J connectivity index is 1.46. The van der Waals surface area contributed by atoms with Crippen LogP contribution in [0.15, 0.2) is 79.0 Å². The van der Waals surface area contributed by atoms with E-state index in [1.165, 1.54) is 0 Å². The number of rotatable bonds is 13. The molecular formula is C30H33N3O5. The summed E-state index contributed by atoms with van der Waals surface area (Å²) >= 11 is 0. The molecule has 0 aliphatic carbocycles. The average Bonchev–Trinajstić information content (AvgIpc) is 3.39. The molecule has 0 saturated heterocycles. The summed E-state index contributed by atoms with van der Waals surface area (Å²) in [5.74, 6) is 0.0753. The van der Waals surface area contributed by atoms with Crippen LogP contribution in [-0.4, -0.2) is 42.0 Å². The van der Waals surface area contributed by atoms with Gasteiger partial charge in [-0.3, -0.25) is 9.59 Å². The number of hydrogen-bond acceptors (Lipinski definition) is 6. The number of amides is 1. The van der Waals surface area contributed by atoms with E-state index in [1.807, 2.05) is 54.7 Å². The minimum atomic E-state index is -0.717. The Morgan fingerprint density at radius 1 is 1.05 bits per heavy atom. The van der Waals surface area contributed by atoms with Gasteiger partial charge in [-0.2, -0.15) is 0 Å². The molecule has 8 heteroatoms. The van der Waals surface area contributed by atoms with E-state index in [2.05, 4.69) is 10.3 Å². The van der Waals surface area contributed by atoms with Crippen LogP contribution in [0.2, 0.25) is 0 Å². The van der Waals surface area contributed by atoms with Crippen LogP contribution in [0.5, 0.6) is 11.5 Å². The number of aromatic amines is 1. The van der Waals surface area contributed by atoms with E-state index in [4.69, 9.17) is 15.2 Å². The van der Waals surface area contributed by atoms with Gasteiger partial charge < -0.3 is 30.6 Å². The summed E-state index contributed by atoms with van der Waals surface area (Å²) in [4.78, 5) is 29.3. The molecule has 0 saturated carbocycles. The normalized spacial score (nSPS) is 12.6. The van der Waals surface area contributed by atoms with Crippen LogP contribution < -0.4 is 20.5 Å². The number of Topliss-reactive ketones (excluding diaryl/α,β-unsaturated/α-hetero) is 1. The fourth-order valence-electron chi connectivity index (χ4n) is 4.49. The summed E-state index contributed by atoms with van der Waals surface area (Å²) in [6.07, 6.45) is 2.56. The number of nitrogens with one attached hydrogen (secondary N) is 2. The Morgan fingerprint density at radius 2 is 1.84 bits per heavy atom. The van der Waals surface area contributed by atoms with Gasteiger partial charge >= 0.3 is 0 Å². The van der Waals surface area contributed by atoms with Crippen molar-refractivity contribution in [3.63, 3.8) is 0 Å². The minimum Gasteiger partial charge on any atom is -0.496 e. The van der Waals surface area contributed by atoms with Crippen molar-refractivity contribution in [2.24, 2.45) is 11.7 Å². The molecule has 5 N–H and O–H groups in total. The Hall–Kier alpha value is -4.14. The van der Waals surface area contributed by atoms with Gasteiger partial charge in [0.25, 0.3) is 0 Å². The number of aliphatic hydroxyl groups excluding tert-OH is 1. The minimum absolute atomic E-state index is 0.0737. The number of fused-ring (bicyclic) bond motifs is 1. The zero-order valence-electron chi connectivity index (χ0n) is 21.4. The van der Waals surface area contributed by atoms with Crippen molar-refractivity contribution in [2.45, 2.75) is 25.5 Å². The van der Waals surface area contributed by atoms with E-state index in [9.17, 15) is 14.7 Å². The van der Waals surface area contributed by atoms with E-state index in [0.717, 1.165) is 27.8 Å². The molecule has 38 heavy (non-hydrogen) atoms. The first-order valence-electron chi connectivity index (χ1n) is 12.6. The number of aliphatic hydroxyl groups is 1. The fraction of sp³-hybridized carbons (Fsp3) is 0.267. The summed E-state index contributed by atoms with van der Waals surface area (Å²) in [5.41, 5.74) is 9.99. The van der Waals surface area contributed by atoms with Gasteiger partial charge in [0.2, 0.25) is 5.91 Å². The fourth-order valence-corrected chi connectivity index (χ4v) is 4.49. The Kier molecular flexibility index (Phi) is 9.13. The molecule has 2 atom stereocenters. The van der Waals surface area contributed by atoms with Gasteiger partial charge in [0.15, 0.2) is 5.78 Å². The van der Waals surface area contributed by atoms with Crippen molar-refractivity contribution < 1.29 is 24.2 Å². The third kappa shape index (κ3) is 6.59. The second-order valence-electron chi connectivity index (χ2n) is 9.10. The number of ketones is 1. The zero-order valence-corrected chi connectivity index (χ0v) is 21.4. The number of hydrogen-bond donors (Lipinski definition) is 4. The highest BCUT2D eigenvalue weighted by Gasteiger charge is 2.29. The first-order valence-corrected chi connectivity index (χ1v) is 12.6. The number of nitrogens with two attached hydrogens (primary N) is 1. The van der Waals surface area contributed by atoms with Crippen LogP contribution in [0.3, 0.4) is 0 Å². The van der Waals surface area contributed by atoms with E-state index in [-0.39, 0.29) is 37.9 Å². The van der Waals surface area contributed by atoms with E-state index >= 15 is 0 Å². The first-order chi connectivity index (χ1) is 18.5. The van der Waals surface area contributed by atoms with Crippen molar-refractivity contribution >= 4 is 22.6 Å². The maximum atomic E-state index is 13.4. The lowest BCUT2D eigenvalue weighted by Gasteiger charge is -2.23. The summed E-state index contributed by atoms with van der Waals surface area (Å²) in [5, 5.41) is 13.2. The largest absolute Gasteiger partial charge is 0.496 e. The van der Waals surface area contributed by atoms with Gasteiger partial charge in [-0.15, -0.1) is 0 Å². The smallest absolute Gasteiger partial charge is 0.220 e. The second-order valence-corrected chi connectivity index (χ2v) is 9.10. The van der Waals surface area contributed by atoms with Crippen LogP contribution in [-0.2, 0) is 22.6 Å². The average molecular weight is 516 g/mol. The number of aromatic nitrogens is 1. The molecule has 4 rings (SSSR count). The highest BCUT2D eigenvalue weighted by molar-refractivity contribution is 5.88. The molecule has 0 spiro atoms. The van der Waals surface area contributed by atoms with E-state index in [0.29, 0.717) is 17.7 Å². The number of ether oxygens (including phenoxy) is 2. The molecule has 4 aromatic rings. The van der Waals surface area contributed by atoms with Crippen molar-refractivity contribution in [2.75, 3.05) is 20.3 Å². The summed E-state index contributed by atoms with van der Waals surface area (Å²) in [6, 6.07) is 21.6. The molecule has 0 radical (unpaired) electrons. The lowest BCUT2D eigenvalue weighted by atomic mass is 9.90. The highest BCUT2D eigenvalue weighted by atomic mass is 16.5. The van der Waals surface area contributed by atoms with Crippen molar-refractivity contribution in [1.82, 2.24) is 10.3 Å². The summed E-state index contributed by atoms with van der Waals surface area (Å²) in [6.45, 7) is -0.267. The quantitative estimate of drug-likeness (QED) is 0.215. The molecular weight excluding hydrogens is 482 g/mol. The monoisotopic (exact) mass is 515 g/mol. The lowest BCUT2D eigenvalue weighted by Crippen LogP contribution is -2.40. The van der Waals surface area contributed by atoms with Crippen molar-refractivity contribution in [1.29, 1.82) is 0 Å². The van der Waals surface area contributed by atoms with Crippen LogP contribution in [0.1, 0.15) is 29.2 Å². The summed E-state index contributed by atoms with van der Waals surface area (Å²) in [7, 11) is 1.60. The van der Waals surface area contributed by atoms with Gasteiger partial charge in [-0.1, -0.05) is 48.5 Å². The number of para-hydroxylation sites is 2. The standard InChI is InChI=1S/C30H33N3O5/c1-37-28-12-5-2-8-21(28)13-14-29(36)33-17-25(27(35)19-38-22-9-6-7-20(15-22)18-34)30(31)24-16-32-26-11-4-3-10-23(24)26/h2-12,15-16,25,30,32,34H,13-14,17-19,31H2,1H3,(H,33,36). The third-order valence-electron chi connectivity index (χ3n) is 6.62. The van der Waals surface area contributed by atoms with Gasteiger partial charge in [-0.25, -0.2) is 0 Å². The predicted octanol–water partition coefficient (Wildman–Crippen LogP) is 3.68. The number of H-pyrrole nitrogens is 1. The molecule has 3 aromatic carbocycles. The van der Waals surface area contributed by atoms with Gasteiger partial charge in [0.1, 0.15) is 18.1 Å². The van der Waals surface area contributed by atoms with Crippen molar-refractivity contribution in [3.05, 3.63) is 95.7 Å². The molecule has 1 heterocycles. The molecule has 198 valence electrons. The third-order valence-corrected chi connectivity index (χ3v) is 6.62. The van der Waals surface area contributed by atoms with Crippen LogP contribution in [0.4, 0.5) is 0 Å². The number of carbonyl (C=O) groups excluding carboxylic acids is 2. The van der Waals surface area contributed by atoms with Gasteiger partial charge in [0, 0.05) is 36.1 Å². The Morgan fingerprint density at radius 3 is 2.66 bits per heavy atom. The maximum Gasteiger partial charge on any atom is 0.220 e. The van der Waals surface area contributed by atoms with Crippen LogP contribution >= 0.6 is 0 Å². The maximum absolute atomic E-state index is 13.4. The van der Waals surface area contributed by atoms with E-state index in [1.54, 1.807) is 31.4 Å². The highest BCUT2D eigenvalue weighted by Crippen LogP contribution is 2.28. The Labute approximate surface area is 221 Å². The first kappa shape index (κ1) is 26.9. The molecule has 1 amide bonds. The number of benzene rings is 3. The molecule has 0 fully saturated rings. The lowest BCUT2D eigenvalue weighted by molar-refractivity contribution is -0.126. The molecule has 1 aromatic heterocycles. The van der Waals surface area contributed by atoms with Gasteiger partial charge in [-0.05, 0) is 47.4 Å². The van der Waals surface area contributed by atoms with Crippen LogP contribution in [0, 0.1) is 5.92 Å². The molecule has 2 unspecified atom stereocenters. The van der Waals surface area contributed by atoms with Gasteiger partial charge in [0.05, 0.1) is 19.6 Å². The number of methoxy groups -OCH3 is 1. The number of carbonyl (C=O) groups is 2. The SMILES string of the molecule is COc1ccccc1CCC(=O)NCC(C(=O)COc1cccc(CO)c1)C(N)c1c[nH]c2ccccc12. The topological polar surface area (TPSA) is 127 Å². The predicted molar refractivity (Wildman–Crippen MR) is 146 cm³/mol. The zero-order chi connectivity index (χ0) is 26.9. The Bertz CT molecular complexity index is 1380. The van der Waals surface area contributed by atoms with Crippen molar-refractivity contribution in [3.8, 4) is 11.5 Å². The van der Waals surface area contributed by atoms with Crippen LogP contribution in [0.25, 0.3) is 10.9 Å². The summed E-state index contributed by atoms with van der Waals surface area (Å²) < 4.78 is 11.1. The second kappa shape index (κ2) is 12.9.